The molecule has 9 heteroatoms. The molecular formula is C22H31F3N4O2. The maximum atomic E-state index is 12.2. The van der Waals surface area contributed by atoms with E-state index in [0.29, 0.717) is 37.1 Å². The summed E-state index contributed by atoms with van der Waals surface area (Å²) in [5, 5.41) is 10.6. The molecule has 0 unspecified atom stereocenters. The predicted octanol–water partition coefficient (Wildman–Crippen LogP) is 4.91. The lowest BCUT2D eigenvalue weighted by molar-refractivity contribution is -0.176. The number of hydrogen-bond acceptors (Lipinski definition) is 4. The van der Waals surface area contributed by atoms with Crippen LogP contribution in [0.1, 0.15) is 62.1 Å². The number of rotatable bonds is 11. The van der Waals surface area contributed by atoms with Crippen LogP contribution in [0, 0.1) is 0 Å². The standard InChI is InChI=1S/C22H31F3N4O2/c1-4-18(5-2)20-11-19(31-29-20)13-28-21(26-6-3)27-12-16-8-7-9-17(10-16)14-30-15-22(23,24)25/h7-11,18H,4-6,12-15H2,1-3H3,(H2,26,27,28). The largest absolute Gasteiger partial charge is 0.411 e. The van der Waals surface area contributed by atoms with Crippen molar-refractivity contribution in [2.24, 2.45) is 4.99 Å². The van der Waals surface area contributed by atoms with Crippen LogP contribution in [0.4, 0.5) is 13.2 Å². The van der Waals surface area contributed by atoms with Gasteiger partial charge in [0.1, 0.15) is 6.61 Å². The summed E-state index contributed by atoms with van der Waals surface area (Å²) in [6.07, 6.45) is -2.30. The number of alkyl halides is 3. The van der Waals surface area contributed by atoms with Crippen molar-refractivity contribution in [1.82, 2.24) is 15.8 Å². The molecule has 2 aromatic rings. The van der Waals surface area contributed by atoms with Gasteiger partial charge in [0.25, 0.3) is 0 Å². The lowest BCUT2D eigenvalue weighted by Gasteiger charge is -2.11. The van der Waals surface area contributed by atoms with Gasteiger partial charge in [-0.25, -0.2) is 4.99 Å². The third-order valence-electron chi connectivity index (χ3n) is 4.70. The number of benzene rings is 1. The first-order valence-electron chi connectivity index (χ1n) is 10.5. The molecule has 2 rings (SSSR count). The molecule has 0 fully saturated rings. The van der Waals surface area contributed by atoms with Crippen LogP contribution in [0.2, 0.25) is 0 Å². The van der Waals surface area contributed by atoms with Gasteiger partial charge in [-0.1, -0.05) is 43.3 Å². The van der Waals surface area contributed by atoms with E-state index in [1.165, 1.54) is 0 Å². The van der Waals surface area contributed by atoms with E-state index < -0.39 is 12.8 Å². The van der Waals surface area contributed by atoms with Crippen LogP contribution in [0.15, 0.2) is 39.8 Å². The van der Waals surface area contributed by atoms with Crippen LogP contribution >= 0.6 is 0 Å². The van der Waals surface area contributed by atoms with Crippen LogP contribution < -0.4 is 10.6 Å². The van der Waals surface area contributed by atoms with Gasteiger partial charge in [0.2, 0.25) is 0 Å². The summed E-state index contributed by atoms with van der Waals surface area (Å²) in [6.45, 7) is 6.39. The second-order valence-corrected chi connectivity index (χ2v) is 7.21. The number of nitrogens with zero attached hydrogens (tertiary/aromatic N) is 2. The highest BCUT2D eigenvalue weighted by Crippen LogP contribution is 2.22. The highest BCUT2D eigenvalue weighted by molar-refractivity contribution is 5.79. The first-order chi connectivity index (χ1) is 14.8. The minimum Gasteiger partial charge on any atom is -0.367 e. The molecule has 0 aliphatic rings. The molecule has 0 saturated carbocycles. The van der Waals surface area contributed by atoms with Gasteiger partial charge in [-0.2, -0.15) is 13.2 Å². The molecule has 0 atom stereocenters. The second-order valence-electron chi connectivity index (χ2n) is 7.21. The highest BCUT2D eigenvalue weighted by atomic mass is 19.4. The Balaban J connectivity index is 1.93. The van der Waals surface area contributed by atoms with E-state index in [4.69, 9.17) is 9.26 Å². The van der Waals surface area contributed by atoms with Crippen LogP contribution in [-0.2, 0) is 24.4 Å². The fourth-order valence-corrected chi connectivity index (χ4v) is 3.10. The number of nitrogens with one attached hydrogen (secondary N) is 2. The van der Waals surface area contributed by atoms with E-state index in [9.17, 15) is 13.2 Å². The Bertz CT molecular complexity index is 817. The molecule has 6 nitrogen and oxygen atoms in total. The molecule has 0 spiro atoms. The van der Waals surface area contributed by atoms with Crippen molar-refractivity contribution in [3.63, 3.8) is 0 Å². The number of aromatic nitrogens is 1. The fraction of sp³-hybridized carbons (Fsp3) is 0.545. The average Bonchev–Trinajstić information content (AvgIpc) is 3.19. The van der Waals surface area contributed by atoms with E-state index >= 15 is 0 Å². The summed E-state index contributed by atoms with van der Waals surface area (Å²) in [4.78, 5) is 4.55. The van der Waals surface area contributed by atoms with Gasteiger partial charge in [-0.15, -0.1) is 0 Å². The third-order valence-corrected chi connectivity index (χ3v) is 4.70. The van der Waals surface area contributed by atoms with Crippen molar-refractivity contribution < 1.29 is 22.4 Å². The zero-order valence-electron chi connectivity index (χ0n) is 18.3. The van der Waals surface area contributed by atoms with Crippen molar-refractivity contribution >= 4 is 5.96 Å². The highest BCUT2D eigenvalue weighted by Gasteiger charge is 2.27. The van der Waals surface area contributed by atoms with E-state index in [1.54, 1.807) is 18.2 Å². The van der Waals surface area contributed by atoms with Crippen molar-refractivity contribution in [3.05, 3.63) is 52.9 Å². The van der Waals surface area contributed by atoms with Crippen LogP contribution in [-0.4, -0.2) is 30.4 Å². The molecule has 1 aromatic carbocycles. The first-order valence-corrected chi connectivity index (χ1v) is 10.5. The van der Waals surface area contributed by atoms with Gasteiger partial charge < -0.3 is 19.9 Å². The van der Waals surface area contributed by atoms with Crippen LogP contribution in [0.5, 0.6) is 0 Å². The normalized spacial score (nSPS) is 12.4. The topological polar surface area (TPSA) is 71.7 Å². The van der Waals surface area contributed by atoms with E-state index in [-0.39, 0.29) is 6.61 Å². The van der Waals surface area contributed by atoms with Gasteiger partial charge in [-0.05, 0) is 30.9 Å². The Kier molecular flexibility index (Phi) is 9.84. The van der Waals surface area contributed by atoms with Gasteiger partial charge in [0.05, 0.1) is 25.4 Å². The lowest BCUT2D eigenvalue weighted by atomic mass is 9.99. The zero-order valence-corrected chi connectivity index (χ0v) is 18.3. The Morgan fingerprint density at radius 3 is 2.55 bits per heavy atom. The molecule has 0 amide bonds. The minimum absolute atomic E-state index is 0.0975. The summed E-state index contributed by atoms with van der Waals surface area (Å²) < 4.78 is 46.8. The van der Waals surface area contributed by atoms with Crippen molar-refractivity contribution in [2.45, 2.75) is 65.4 Å². The number of guanidine groups is 1. The van der Waals surface area contributed by atoms with Gasteiger partial charge in [-0.3, -0.25) is 0 Å². The Morgan fingerprint density at radius 1 is 1.13 bits per heavy atom. The number of halogens is 3. The Hall–Kier alpha value is -2.55. The average molecular weight is 441 g/mol. The number of ether oxygens (including phenoxy) is 1. The summed E-state index contributed by atoms with van der Waals surface area (Å²) in [5.74, 6) is 1.74. The monoisotopic (exact) mass is 440 g/mol. The molecule has 31 heavy (non-hydrogen) atoms. The molecule has 0 bridgehead atoms. The molecular weight excluding hydrogens is 409 g/mol. The molecule has 2 N–H and O–H groups in total. The Labute approximate surface area is 181 Å². The van der Waals surface area contributed by atoms with Crippen molar-refractivity contribution in [1.29, 1.82) is 0 Å². The van der Waals surface area contributed by atoms with Crippen LogP contribution in [0.25, 0.3) is 0 Å². The lowest BCUT2D eigenvalue weighted by Crippen LogP contribution is -2.36. The maximum Gasteiger partial charge on any atom is 0.411 e. The summed E-state index contributed by atoms with van der Waals surface area (Å²) in [6, 6.07) is 9.15. The molecule has 0 aliphatic heterocycles. The summed E-state index contributed by atoms with van der Waals surface area (Å²) >= 11 is 0. The maximum absolute atomic E-state index is 12.2. The number of aliphatic imine (C=N–C) groups is 1. The van der Waals surface area contributed by atoms with E-state index in [0.717, 1.165) is 29.9 Å². The second kappa shape index (κ2) is 12.3. The number of hydrogen-bond donors (Lipinski definition) is 2. The molecule has 172 valence electrons. The quantitative estimate of drug-likeness (QED) is 0.384. The zero-order chi connectivity index (χ0) is 22.7. The molecule has 0 radical (unpaired) electrons. The van der Waals surface area contributed by atoms with E-state index in [2.05, 4.69) is 34.6 Å². The van der Waals surface area contributed by atoms with Gasteiger partial charge in [0, 0.05) is 18.5 Å². The predicted molar refractivity (Wildman–Crippen MR) is 114 cm³/mol. The molecule has 0 aliphatic carbocycles. The SMILES string of the molecule is CCNC(=NCc1cccc(COCC(F)(F)F)c1)NCc1cc(C(CC)CC)no1. The van der Waals surface area contributed by atoms with Gasteiger partial charge in [0.15, 0.2) is 11.7 Å². The molecule has 1 aromatic heterocycles. The van der Waals surface area contributed by atoms with Crippen molar-refractivity contribution in [3.8, 4) is 0 Å². The summed E-state index contributed by atoms with van der Waals surface area (Å²) in [5.41, 5.74) is 2.51. The fourth-order valence-electron chi connectivity index (χ4n) is 3.10. The smallest absolute Gasteiger partial charge is 0.367 e. The third kappa shape index (κ3) is 9.00. The van der Waals surface area contributed by atoms with Crippen LogP contribution in [0.3, 0.4) is 0 Å². The van der Waals surface area contributed by atoms with E-state index in [1.807, 2.05) is 19.1 Å². The first kappa shape index (κ1) is 24.7. The Morgan fingerprint density at radius 2 is 1.87 bits per heavy atom. The molecule has 0 saturated heterocycles. The summed E-state index contributed by atoms with van der Waals surface area (Å²) in [7, 11) is 0. The van der Waals surface area contributed by atoms with Gasteiger partial charge >= 0.3 is 6.18 Å². The molecule has 1 heterocycles. The minimum atomic E-state index is -4.33. The van der Waals surface area contributed by atoms with Crippen molar-refractivity contribution in [2.75, 3.05) is 13.2 Å².